The minimum absolute atomic E-state index is 0.578. The Morgan fingerprint density at radius 3 is 2.40 bits per heavy atom. The molecule has 0 heterocycles. The van der Waals surface area contributed by atoms with Gasteiger partial charge in [0.15, 0.2) is 0 Å². The number of hydrogen-bond acceptors (Lipinski definition) is 1. The summed E-state index contributed by atoms with van der Waals surface area (Å²) in [4.78, 5) is 0. The second kappa shape index (κ2) is 2.23. The van der Waals surface area contributed by atoms with Gasteiger partial charge in [-0.2, -0.15) is 0 Å². The van der Waals surface area contributed by atoms with E-state index in [1.165, 1.54) is 32.1 Å². The van der Waals surface area contributed by atoms with Crippen LogP contribution in [-0.2, 0) is 0 Å². The summed E-state index contributed by atoms with van der Waals surface area (Å²) >= 11 is 0. The Morgan fingerprint density at radius 1 is 1.40 bits per heavy atom. The van der Waals surface area contributed by atoms with Gasteiger partial charge in [-0.05, 0) is 44.9 Å². The van der Waals surface area contributed by atoms with E-state index in [2.05, 4.69) is 18.8 Å². The quantitative estimate of drug-likeness (QED) is 0.629. The highest BCUT2D eigenvalue weighted by molar-refractivity contribution is 5.07. The molecule has 0 atom stereocenters. The summed E-state index contributed by atoms with van der Waals surface area (Å²) in [7, 11) is 0. The molecule has 2 fully saturated rings. The van der Waals surface area contributed by atoms with Crippen molar-refractivity contribution in [3.63, 3.8) is 0 Å². The van der Waals surface area contributed by atoms with Gasteiger partial charge < -0.3 is 5.32 Å². The van der Waals surface area contributed by atoms with Gasteiger partial charge in [-0.3, -0.25) is 0 Å². The van der Waals surface area contributed by atoms with Crippen LogP contribution in [0.2, 0.25) is 0 Å². The van der Waals surface area contributed by atoms with Crippen molar-refractivity contribution in [3.8, 4) is 0 Å². The third-order valence-electron chi connectivity index (χ3n) is 3.04. The fourth-order valence-electron chi connectivity index (χ4n) is 2.15. The number of hydrogen-bond donors (Lipinski definition) is 1. The molecule has 0 saturated heterocycles. The SMILES string of the molecule is C[CH]NC1(C2CC2)CCC1. The van der Waals surface area contributed by atoms with E-state index in [9.17, 15) is 0 Å². The second-order valence-corrected chi connectivity index (χ2v) is 3.72. The van der Waals surface area contributed by atoms with Crippen LogP contribution in [0.3, 0.4) is 0 Å². The monoisotopic (exact) mass is 138 g/mol. The molecule has 2 aliphatic carbocycles. The highest BCUT2D eigenvalue weighted by atomic mass is 15.0. The smallest absolute Gasteiger partial charge is 0.0212 e. The second-order valence-electron chi connectivity index (χ2n) is 3.72. The van der Waals surface area contributed by atoms with Crippen LogP contribution >= 0.6 is 0 Å². The van der Waals surface area contributed by atoms with Crippen molar-refractivity contribution in [2.75, 3.05) is 0 Å². The Hall–Kier alpha value is -0.0400. The van der Waals surface area contributed by atoms with Gasteiger partial charge in [-0.15, -0.1) is 0 Å². The Morgan fingerprint density at radius 2 is 2.10 bits per heavy atom. The Balaban J connectivity index is 1.92. The molecule has 1 N–H and O–H groups in total. The molecule has 2 saturated carbocycles. The molecule has 0 unspecified atom stereocenters. The van der Waals surface area contributed by atoms with Crippen molar-refractivity contribution in [1.29, 1.82) is 0 Å². The van der Waals surface area contributed by atoms with E-state index in [0.29, 0.717) is 5.54 Å². The van der Waals surface area contributed by atoms with Gasteiger partial charge in [-0.25, -0.2) is 0 Å². The zero-order valence-electron chi connectivity index (χ0n) is 6.69. The van der Waals surface area contributed by atoms with E-state index in [1.54, 1.807) is 0 Å². The predicted molar refractivity (Wildman–Crippen MR) is 42.4 cm³/mol. The zero-order chi connectivity index (χ0) is 7.03. The van der Waals surface area contributed by atoms with Crippen molar-refractivity contribution in [1.82, 2.24) is 5.32 Å². The summed E-state index contributed by atoms with van der Waals surface area (Å²) in [6.07, 6.45) is 7.23. The molecule has 0 amide bonds. The molecular formula is C9H16N. The summed E-state index contributed by atoms with van der Waals surface area (Å²) in [6, 6.07) is 0. The lowest BCUT2D eigenvalue weighted by Crippen LogP contribution is -2.51. The van der Waals surface area contributed by atoms with Gasteiger partial charge in [0, 0.05) is 12.1 Å². The van der Waals surface area contributed by atoms with E-state index in [1.807, 2.05) is 0 Å². The van der Waals surface area contributed by atoms with E-state index >= 15 is 0 Å². The van der Waals surface area contributed by atoms with Crippen LogP contribution in [0.5, 0.6) is 0 Å². The first-order chi connectivity index (χ1) is 4.87. The van der Waals surface area contributed by atoms with E-state index < -0.39 is 0 Å². The molecule has 0 aromatic carbocycles. The number of rotatable bonds is 3. The minimum Gasteiger partial charge on any atom is -0.307 e. The van der Waals surface area contributed by atoms with Crippen LogP contribution in [-0.4, -0.2) is 5.54 Å². The average molecular weight is 138 g/mol. The fraction of sp³-hybridized carbons (Fsp3) is 0.889. The Labute approximate surface area is 63.2 Å². The lowest BCUT2D eigenvalue weighted by Gasteiger charge is -2.43. The normalized spacial score (nSPS) is 29.7. The maximum Gasteiger partial charge on any atom is 0.0212 e. The molecule has 0 aromatic heterocycles. The summed E-state index contributed by atoms with van der Waals surface area (Å²) in [5.41, 5.74) is 0.578. The van der Waals surface area contributed by atoms with E-state index in [4.69, 9.17) is 0 Å². The van der Waals surface area contributed by atoms with Gasteiger partial charge in [-0.1, -0.05) is 0 Å². The van der Waals surface area contributed by atoms with Crippen LogP contribution < -0.4 is 5.32 Å². The Kier molecular flexibility index (Phi) is 1.48. The first kappa shape index (κ1) is 6.66. The molecule has 2 aliphatic rings. The van der Waals surface area contributed by atoms with Crippen molar-refractivity contribution in [3.05, 3.63) is 6.54 Å². The molecule has 1 radical (unpaired) electrons. The van der Waals surface area contributed by atoms with Crippen molar-refractivity contribution in [2.24, 2.45) is 5.92 Å². The largest absolute Gasteiger partial charge is 0.307 e. The highest BCUT2D eigenvalue weighted by Gasteiger charge is 2.48. The summed E-state index contributed by atoms with van der Waals surface area (Å²) in [5, 5.41) is 3.53. The predicted octanol–water partition coefficient (Wildman–Crippen LogP) is 2.09. The molecule has 0 bridgehead atoms. The fourth-order valence-corrected chi connectivity index (χ4v) is 2.15. The van der Waals surface area contributed by atoms with Crippen LogP contribution in [0.1, 0.15) is 39.0 Å². The summed E-state index contributed by atoms with van der Waals surface area (Å²) < 4.78 is 0. The third kappa shape index (κ3) is 0.878. The van der Waals surface area contributed by atoms with Gasteiger partial charge in [0.05, 0.1) is 0 Å². The first-order valence-electron chi connectivity index (χ1n) is 4.43. The molecule has 0 aromatic rings. The van der Waals surface area contributed by atoms with Crippen LogP contribution in [0.25, 0.3) is 0 Å². The molecule has 0 spiro atoms. The molecule has 57 valence electrons. The topological polar surface area (TPSA) is 12.0 Å². The Bertz CT molecular complexity index is 123. The maximum atomic E-state index is 3.53. The summed E-state index contributed by atoms with van der Waals surface area (Å²) in [5.74, 6) is 1.03. The lowest BCUT2D eigenvalue weighted by atomic mass is 9.73. The first-order valence-corrected chi connectivity index (χ1v) is 4.43. The van der Waals surface area contributed by atoms with Crippen molar-refractivity contribution >= 4 is 0 Å². The number of nitrogens with one attached hydrogen (secondary N) is 1. The molecular weight excluding hydrogens is 122 g/mol. The van der Waals surface area contributed by atoms with Crippen LogP contribution in [0, 0.1) is 12.5 Å². The van der Waals surface area contributed by atoms with Crippen molar-refractivity contribution < 1.29 is 0 Å². The summed E-state index contributed by atoms with van der Waals surface area (Å²) in [6.45, 7) is 4.22. The van der Waals surface area contributed by atoms with E-state index in [-0.39, 0.29) is 0 Å². The highest BCUT2D eigenvalue weighted by Crippen LogP contribution is 2.50. The third-order valence-corrected chi connectivity index (χ3v) is 3.04. The molecule has 2 rings (SSSR count). The van der Waals surface area contributed by atoms with Crippen LogP contribution in [0.4, 0.5) is 0 Å². The van der Waals surface area contributed by atoms with Gasteiger partial charge in [0.25, 0.3) is 0 Å². The van der Waals surface area contributed by atoms with Crippen LogP contribution in [0.15, 0.2) is 0 Å². The van der Waals surface area contributed by atoms with Gasteiger partial charge in [0.2, 0.25) is 0 Å². The molecule has 1 heteroatoms. The maximum absolute atomic E-state index is 3.53. The molecule has 0 aliphatic heterocycles. The van der Waals surface area contributed by atoms with E-state index in [0.717, 1.165) is 5.92 Å². The molecule has 10 heavy (non-hydrogen) atoms. The lowest BCUT2D eigenvalue weighted by molar-refractivity contribution is 0.168. The minimum atomic E-state index is 0.578. The molecule has 1 nitrogen and oxygen atoms in total. The van der Waals surface area contributed by atoms with Gasteiger partial charge in [0.1, 0.15) is 0 Å². The zero-order valence-corrected chi connectivity index (χ0v) is 6.69. The van der Waals surface area contributed by atoms with Crippen molar-refractivity contribution in [2.45, 2.75) is 44.6 Å². The van der Waals surface area contributed by atoms with Gasteiger partial charge >= 0.3 is 0 Å². The average Bonchev–Trinajstić information content (AvgIpc) is 2.60. The standard InChI is InChI=1S/C9H16N/c1-2-10-9(6-3-7-9)8-4-5-8/h2,8,10H,3-7H2,1H3.